The van der Waals surface area contributed by atoms with Crippen LogP contribution in [0.1, 0.15) is 21.6 Å². The molecule has 0 aliphatic carbocycles. The van der Waals surface area contributed by atoms with Gasteiger partial charge in [-0.3, -0.25) is 9.78 Å². The van der Waals surface area contributed by atoms with E-state index in [1.165, 1.54) is 7.11 Å². The molecule has 0 spiro atoms. The Kier molecular flexibility index (Phi) is 6.37. The Balaban J connectivity index is 1.90. The number of benzene rings is 2. The number of ether oxygens (including phenoxy) is 2. The predicted molar refractivity (Wildman–Crippen MR) is 124 cm³/mol. The van der Waals surface area contributed by atoms with Crippen LogP contribution in [0.2, 0.25) is 0 Å². The molecule has 4 rings (SSSR count). The van der Waals surface area contributed by atoms with Crippen molar-refractivity contribution < 1.29 is 23.8 Å². The molecular weight excluding hydrogens is 422 g/mol. The fraction of sp³-hybridized carbons (Fsp3) is 0.160. The second kappa shape index (κ2) is 9.54. The van der Waals surface area contributed by atoms with Gasteiger partial charge < -0.3 is 24.3 Å². The Hall–Kier alpha value is -4.17. The number of fused-ring (bicyclic) bond motifs is 1. The van der Waals surface area contributed by atoms with Crippen molar-refractivity contribution in [3.63, 3.8) is 0 Å². The lowest BCUT2D eigenvalue weighted by Gasteiger charge is -2.12. The highest BCUT2D eigenvalue weighted by molar-refractivity contribution is 6.06. The van der Waals surface area contributed by atoms with Crippen molar-refractivity contribution in [3.8, 4) is 11.5 Å². The molecule has 168 valence electrons. The molecule has 2 aromatic heterocycles. The number of amides is 1. The Morgan fingerprint density at radius 2 is 1.88 bits per heavy atom. The number of nitrogens with one attached hydrogen (secondary N) is 1. The summed E-state index contributed by atoms with van der Waals surface area (Å²) >= 11 is 0. The van der Waals surface area contributed by atoms with E-state index in [-0.39, 0.29) is 17.7 Å². The van der Waals surface area contributed by atoms with Crippen LogP contribution in [0.25, 0.3) is 11.0 Å². The average Bonchev–Trinajstić information content (AvgIpc) is 2.85. The van der Waals surface area contributed by atoms with E-state index in [0.29, 0.717) is 45.1 Å². The molecule has 0 unspecified atom stereocenters. The molecule has 0 saturated heterocycles. The first-order valence-corrected chi connectivity index (χ1v) is 10.2. The SMILES string of the molecule is COc1ccc(N=c2oc3c(C)ncc(CO)c3cc2C(=O)Nc2ccccc2OC)cc1. The molecule has 0 saturated carbocycles. The lowest BCUT2D eigenvalue weighted by molar-refractivity contribution is 0.102. The molecule has 2 N–H and O–H groups in total. The lowest BCUT2D eigenvalue weighted by Crippen LogP contribution is -2.22. The summed E-state index contributed by atoms with van der Waals surface area (Å²) in [5.41, 5.74) is 3.00. The molecule has 0 atom stereocenters. The first kappa shape index (κ1) is 22.0. The van der Waals surface area contributed by atoms with Crippen molar-refractivity contribution in [3.05, 3.63) is 83.2 Å². The fourth-order valence-electron chi connectivity index (χ4n) is 3.37. The summed E-state index contributed by atoms with van der Waals surface area (Å²) in [5, 5.41) is 13.2. The Morgan fingerprint density at radius 3 is 2.58 bits per heavy atom. The number of carbonyl (C=O) groups excluding carboxylic acids is 1. The predicted octanol–water partition coefficient (Wildman–Crippen LogP) is 4.13. The van der Waals surface area contributed by atoms with Gasteiger partial charge in [0, 0.05) is 17.1 Å². The van der Waals surface area contributed by atoms with Crippen molar-refractivity contribution in [1.82, 2.24) is 4.98 Å². The first-order chi connectivity index (χ1) is 16.0. The minimum atomic E-state index is -0.434. The smallest absolute Gasteiger partial charge is 0.261 e. The largest absolute Gasteiger partial charge is 0.497 e. The number of methoxy groups -OCH3 is 2. The van der Waals surface area contributed by atoms with E-state index in [0.717, 1.165) is 0 Å². The van der Waals surface area contributed by atoms with Crippen LogP contribution in [0.15, 0.2) is 70.2 Å². The zero-order valence-corrected chi connectivity index (χ0v) is 18.5. The first-order valence-electron chi connectivity index (χ1n) is 10.2. The number of rotatable bonds is 6. The van der Waals surface area contributed by atoms with E-state index in [4.69, 9.17) is 13.9 Å². The van der Waals surface area contributed by atoms with Crippen LogP contribution in [-0.2, 0) is 6.61 Å². The minimum absolute atomic E-state index is 0.111. The molecule has 1 amide bonds. The van der Waals surface area contributed by atoms with Crippen LogP contribution in [0.4, 0.5) is 11.4 Å². The third kappa shape index (κ3) is 4.56. The third-order valence-corrected chi connectivity index (χ3v) is 5.12. The summed E-state index contributed by atoms with van der Waals surface area (Å²) in [6, 6.07) is 15.8. The molecular formula is C25H23N3O5. The molecule has 0 radical (unpaired) electrons. The van der Waals surface area contributed by atoms with Crippen molar-refractivity contribution in [2.75, 3.05) is 19.5 Å². The molecule has 2 aromatic carbocycles. The van der Waals surface area contributed by atoms with Gasteiger partial charge >= 0.3 is 0 Å². The number of para-hydroxylation sites is 2. The van der Waals surface area contributed by atoms with Crippen LogP contribution in [-0.4, -0.2) is 30.2 Å². The van der Waals surface area contributed by atoms with Gasteiger partial charge in [0.25, 0.3) is 5.91 Å². The zero-order valence-electron chi connectivity index (χ0n) is 18.5. The van der Waals surface area contributed by atoms with Crippen LogP contribution in [0.5, 0.6) is 11.5 Å². The van der Waals surface area contributed by atoms with Gasteiger partial charge in [0.15, 0.2) is 5.58 Å². The number of aliphatic hydroxyl groups excluding tert-OH is 1. The van der Waals surface area contributed by atoms with Gasteiger partial charge in [0.05, 0.1) is 37.9 Å². The number of carbonyl (C=O) groups is 1. The molecule has 0 fully saturated rings. The highest BCUT2D eigenvalue weighted by atomic mass is 16.5. The highest BCUT2D eigenvalue weighted by Gasteiger charge is 2.17. The number of nitrogens with zero attached hydrogens (tertiary/aromatic N) is 2. The Labute approximate surface area is 190 Å². The molecule has 4 aromatic rings. The van der Waals surface area contributed by atoms with Gasteiger partial charge in [-0.1, -0.05) is 12.1 Å². The number of aromatic nitrogens is 1. The Bertz CT molecular complexity index is 1380. The number of aryl methyl sites for hydroxylation is 1. The summed E-state index contributed by atoms with van der Waals surface area (Å²) < 4.78 is 16.6. The average molecular weight is 445 g/mol. The second-order valence-electron chi connectivity index (χ2n) is 7.20. The molecule has 33 heavy (non-hydrogen) atoms. The zero-order chi connectivity index (χ0) is 23.4. The summed E-state index contributed by atoms with van der Waals surface area (Å²) in [7, 11) is 3.11. The van der Waals surface area contributed by atoms with Crippen molar-refractivity contribution in [2.45, 2.75) is 13.5 Å². The maximum Gasteiger partial charge on any atom is 0.261 e. The van der Waals surface area contributed by atoms with Gasteiger partial charge in [0.2, 0.25) is 5.55 Å². The topological polar surface area (TPSA) is 106 Å². The maximum atomic E-state index is 13.3. The van der Waals surface area contributed by atoms with E-state index in [1.54, 1.807) is 68.8 Å². The van der Waals surface area contributed by atoms with Gasteiger partial charge in [-0.2, -0.15) is 0 Å². The van der Waals surface area contributed by atoms with E-state index in [9.17, 15) is 9.90 Å². The van der Waals surface area contributed by atoms with Crippen molar-refractivity contribution in [2.24, 2.45) is 4.99 Å². The monoisotopic (exact) mass is 445 g/mol. The molecule has 0 bridgehead atoms. The van der Waals surface area contributed by atoms with Gasteiger partial charge in [0.1, 0.15) is 17.1 Å². The van der Waals surface area contributed by atoms with E-state index < -0.39 is 5.91 Å². The van der Waals surface area contributed by atoms with Crippen LogP contribution >= 0.6 is 0 Å². The molecule has 8 heteroatoms. The maximum absolute atomic E-state index is 13.3. The lowest BCUT2D eigenvalue weighted by atomic mass is 10.1. The molecule has 0 aliphatic rings. The number of pyridine rings is 1. The molecule has 2 heterocycles. The van der Waals surface area contributed by atoms with E-state index >= 15 is 0 Å². The summed E-state index contributed by atoms with van der Waals surface area (Å²) in [4.78, 5) is 22.2. The number of hydrogen-bond donors (Lipinski definition) is 2. The van der Waals surface area contributed by atoms with Crippen LogP contribution < -0.4 is 20.3 Å². The third-order valence-electron chi connectivity index (χ3n) is 5.12. The molecule has 8 nitrogen and oxygen atoms in total. The molecule has 0 aliphatic heterocycles. The van der Waals surface area contributed by atoms with Gasteiger partial charge in [-0.25, -0.2) is 4.99 Å². The second-order valence-corrected chi connectivity index (χ2v) is 7.20. The van der Waals surface area contributed by atoms with Gasteiger partial charge in [-0.05, 0) is 49.4 Å². The van der Waals surface area contributed by atoms with Crippen LogP contribution in [0.3, 0.4) is 0 Å². The quantitative estimate of drug-likeness (QED) is 0.462. The fourth-order valence-corrected chi connectivity index (χ4v) is 3.37. The van der Waals surface area contributed by atoms with E-state index in [2.05, 4.69) is 15.3 Å². The summed E-state index contributed by atoms with van der Waals surface area (Å²) in [5.74, 6) is 0.773. The van der Waals surface area contributed by atoms with Crippen molar-refractivity contribution >= 4 is 28.3 Å². The number of anilines is 1. The normalized spacial score (nSPS) is 11.5. The van der Waals surface area contributed by atoms with Crippen molar-refractivity contribution in [1.29, 1.82) is 0 Å². The number of hydrogen-bond acceptors (Lipinski definition) is 7. The standard InChI is InChI=1S/C25H23N3O5/c1-15-23-19(16(14-29)13-26-15)12-20(24(30)28-21-6-4-5-7-22(21)32-3)25(33-23)27-17-8-10-18(31-2)11-9-17/h4-13,29H,14H2,1-3H3,(H,28,30). The minimum Gasteiger partial charge on any atom is -0.497 e. The Morgan fingerprint density at radius 1 is 1.12 bits per heavy atom. The number of aliphatic hydroxyl groups is 1. The summed E-state index contributed by atoms with van der Waals surface area (Å²) in [6.45, 7) is 1.54. The highest BCUT2D eigenvalue weighted by Crippen LogP contribution is 2.25. The van der Waals surface area contributed by atoms with Gasteiger partial charge in [-0.15, -0.1) is 0 Å². The van der Waals surface area contributed by atoms with Crippen LogP contribution in [0, 0.1) is 6.92 Å². The van der Waals surface area contributed by atoms with E-state index in [1.807, 2.05) is 6.07 Å². The summed E-state index contributed by atoms with van der Waals surface area (Å²) in [6.07, 6.45) is 1.56.